The maximum atomic E-state index is 11.9. The fourth-order valence-electron chi connectivity index (χ4n) is 1.75. The van der Waals surface area contributed by atoms with E-state index in [2.05, 4.69) is 0 Å². The van der Waals surface area contributed by atoms with Crippen LogP contribution < -0.4 is 0 Å². The maximum absolute atomic E-state index is 11.9. The Labute approximate surface area is 94.7 Å². The molecule has 2 atom stereocenters. The number of carbonyl (C=O) groups excluding carboxylic acids is 1. The summed E-state index contributed by atoms with van der Waals surface area (Å²) in [5.74, 6) is -0.0630. The molecule has 1 heterocycles. The predicted octanol–water partition coefficient (Wildman–Crippen LogP) is 2.03. The van der Waals surface area contributed by atoms with Crippen molar-refractivity contribution < 1.29 is 14.3 Å². The van der Waals surface area contributed by atoms with E-state index in [1.807, 2.05) is 30.3 Å². The second-order valence-corrected chi connectivity index (χ2v) is 3.84. The highest BCUT2D eigenvalue weighted by Gasteiger charge is 2.39. The molecule has 0 unspecified atom stereocenters. The van der Waals surface area contributed by atoms with Gasteiger partial charge in [-0.05, 0) is 24.6 Å². The van der Waals surface area contributed by atoms with Crippen LogP contribution >= 0.6 is 0 Å². The van der Waals surface area contributed by atoms with Crippen LogP contribution in [0.15, 0.2) is 42.5 Å². The number of benzene rings is 1. The van der Waals surface area contributed by atoms with Crippen LogP contribution in [-0.2, 0) is 19.9 Å². The Hall–Kier alpha value is -1.45. The van der Waals surface area contributed by atoms with E-state index in [-0.39, 0.29) is 5.78 Å². The van der Waals surface area contributed by atoms with Gasteiger partial charge in [0.2, 0.25) is 0 Å². The van der Waals surface area contributed by atoms with Gasteiger partial charge in [-0.3, -0.25) is 4.79 Å². The molecular formula is C13H14O3. The number of methoxy groups -OCH3 is 1. The zero-order chi connectivity index (χ0) is 11.6. The molecule has 0 saturated heterocycles. The molecule has 0 fully saturated rings. The van der Waals surface area contributed by atoms with Crippen molar-refractivity contribution in [2.24, 2.45) is 0 Å². The summed E-state index contributed by atoms with van der Waals surface area (Å²) < 4.78 is 10.8. The number of hydrogen-bond donors (Lipinski definition) is 0. The van der Waals surface area contributed by atoms with Gasteiger partial charge in [0.15, 0.2) is 17.7 Å². The largest absolute Gasteiger partial charge is 0.352 e. The van der Waals surface area contributed by atoms with Gasteiger partial charge >= 0.3 is 0 Å². The molecule has 1 aliphatic heterocycles. The zero-order valence-corrected chi connectivity index (χ0v) is 9.34. The highest BCUT2D eigenvalue weighted by atomic mass is 16.7. The van der Waals surface area contributed by atoms with Gasteiger partial charge in [0.25, 0.3) is 0 Å². The fraction of sp³-hybridized carbons (Fsp3) is 0.308. The standard InChI is InChI=1S/C13H14O3/c1-13(10-6-4-3-5-7-10)11(14)8-9-12(15-2)16-13/h3-9,12H,1-2H3/t12-,13-/m1/s1. The van der Waals surface area contributed by atoms with E-state index in [0.717, 1.165) is 5.56 Å². The van der Waals surface area contributed by atoms with Crippen LogP contribution in [-0.4, -0.2) is 19.2 Å². The molecule has 0 radical (unpaired) electrons. The molecule has 2 rings (SSSR count). The van der Waals surface area contributed by atoms with E-state index in [0.29, 0.717) is 0 Å². The zero-order valence-electron chi connectivity index (χ0n) is 9.34. The molecule has 3 heteroatoms. The highest BCUT2D eigenvalue weighted by molar-refractivity contribution is 5.98. The van der Waals surface area contributed by atoms with Gasteiger partial charge in [-0.1, -0.05) is 30.3 Å². The molecule has 0 bridgehead atoms. The van der Waals surface area contributed by atoms with Crippen molar-refractivity contribution in [1.29, 1.82) is 0 Å². The van der Waals surface area contributed by atoms with Crippen molar-refractivity contribution in [3.05, 3.63) is 48.0 Å². The lowest BCUT2D eigenvalue weighted by Crippen LogP contribution is -2.41. The van der Waals surface area contributed by atoms with E-state index in [1.165, 1.54) is 6.08 Å². The predicted molar refractivity (Wildman–Crippen MR) is 59.8 cm³/mol. The average Bonchev–Trinajstić information content (AvgIpc) is 2.34. The molecule has 0 aromatic heterocycles. The molecule has 1 aliphatic rings. The number of ketones is 1. The molecule has 0 N–H and O–H groups in total. The third kappa shape index (κ3) is 1.79. The Bertz CT molecular complexity index is 410. The molecule has 0 aliphatic carbocycles. The van der Waals surface area contributed by atoms with Gasteiger partial charge in [0.05, 0.1) is 0 Å². The Balaban J connectivity index is 2.38. The first-order valence-electron chi connectivity index (χ1n) is 5.15. The van der Waals surface area contributed by atoms with Crippen molar-refractivity contribution in [2.45, 2.75) is 18.8 Å². The van der Waals surface area contributed by atoms with Gasteiger partial charge in [0.1, 0.15) is 0 Å². The van der Waals surface area contributed by atoms with E-state index in [1.54, 1.807) is 20.1 Å². The summed E-state index contributed by atoms with van der Waals surface area (Å²) in [6, 6.07) is 9.44. The second-order valence-electron chi connectivity index (χ2n) is 3.84. The Kier molecular flexibility index (Phi) is 2.90. The molecule has 0 spiro atoms. The van der Waals surface area contributed by atoms with Crippen molar-refractivity contribution in [1.82, 2.24) is 0 Å². The third-order valence-corrected chi connectivity index (χ3v) is 2.78. The first-order chi connectivity index (χ1) is 7.66. The highest BCUT2D eigenvalue weighted by Crippen LogP contribution is 2.31. The van der Waals surface area contributed by atoms with Crippen molar-refractivity contribution >= 4 is 5.78 Å². The van der Waals surface area contributed by atoms with Gasteiger partial charge in [-0.15, -0.1) is 0 Å². The number of ether oxygens (including phenoxy) is 2. The Morgan fingerprint density at radius 3 is 2.62 bits per heavy atom. The van der Waals surface area contributed by atoms with Crippen LogP contribution in [0.4, 0.5) is 0 Å². The lowest BCUT2D eigenvalue weighted by molar-refractivity contribution is -0.185. The number of hydrogen-bond acceptors (Lipinski definition) is 3. The van der Waals surface area contributed by atoms with Crippen LogP contribution in [0.25, 0.3) is 0 Å². The first kappa shape index (κ1) is 11.0. The van der Waals surface area contributed by atoms with Crippen molar-refractivity contribution in [3.63, 3.8) is 0 Å². The summed E-state index contributed by atoms with van der Waals surface area (Å²) in [7, 11) is 1.55. The van der Waals surface area contributed by atoms with Crippen LogP contribution in [0, 0.1) is 0 Å². The fourth-order valence-corrected chi connectivity index (χ4v) is 1.75. The maximum Gasteiger partial charge on any atom is 0.191 e. The summed E-state index contributed by atoms with van der Waals surface area (Å²) in [5, 5.41) is 0. The molecular weight excluding hydrogens is 204 g/mol. The summed E-state index contributed by atoms with van der Waals surface area (Å²) in [6.45, 7) is 1.76. The normalized spacial score (nSPS) is 29.4. The molecule has 0 amide bonds. The van der Waals surface area contributed by atoms with Gasteiger partial charge in [-0.2, -0.15) is 0 Å². The molecule has 0 saturated carbocycles. The molecule has 1 aromatic carbocycles. The van der Waals surface area contributed by atoms with Gasteiger partial charge in [-0.25, -0.2) is 0 Å². The van der Waals surface area contributed by atoms with Crippen LogP contribution in [0.2, 0.25) is 0 Å². The van der Waals surface area contributed by atoms with E-state index in [4.69, 9.17) is 9.47 Å². The smallest absolute Gasteiger partial charge is 0.191 e. The number of carbonyl (C=O) groups is 1. The molecule has 3 nitrogen and oxygen atoms in total. The van der Waals surface area contributed by atoms with E-state index < -0.39 is 11.9 Å². The third-order valence-electron chi connectivity index (χ3n) is 2.78. The Morgan fingerprint density at radius 2 is 2.00 bits per heavy atom. The quantitative estimate of drug-likeness (QED) is 0.762. The van der Waals surface area contributed by atoms with Crippen LogP contribution in [0.3, 0.4) is 0 Å². The minimum Gasteiger partial charge on any atom is -0.352 e. The molecule has 1 aromatic rings. The van der Waals surface area contributed by atoms with E-state index in [9.17, 15) is 4.79 Å². The first-order valence-corrected chi connectivity index (χ1v) is 5.15. The average molecular weight is 218 g/mol. The second kappa shape index (κ2) is 4.20. The number of rotatable bonds is 2. The van der Waals surface area contributed by atoms with E-state index >= 15 is 0 Å². The lowest BCUT2D eigenvalue weighted by atomic mass is 9.89. The summed E-state index contributed by atoms with van der Waals surface area (Å²) in [4.78, 5) is 11.9. The summed E-state index contributed by atoms with van der Waals surface area (Å²) in [5.41, 5.74) is -0.108. The lowest BCUT2D eigenvalue weighted by Gasteiger charge is -2.33. The van der Waals surface area contributed by atoms with Gasteiger partial charge < -0.3 is 9.47 Å². The summed E-state index contributed by atoms with van der Waals surface area (Å²) in [6.07, 6.45) is 2.67. The molecule has 16 heavy (non-hydrogen) atoms. The van der Waals surface area contributed by atoms with Crippen LogP contribution in [0.5, 0.6) is 0 Å². The summed E-state index contributed by atoms with van der Waals surface area (Å²) >= 11 is 0. The monoisotopic (exact) mass is 218 g/mol. The Morgan fingerprint density at radius 1 is 1.31 bits per heavy atom. The van der Waals surface area contributed by atoms with Crippen molar-refractivity contribution in [3.8, 4) is 0 Å². The minimum absolute atomic E-state index is 0.0630. The topological polar surface area (TPSA) is 35.5 Å². The SMILES string of the molecule is CO[C@H]1C=CC(=O)[C@@](C)(c2ccccc2)O1. The minimum atomic E-state index is -0.948. The van der Waals surface area contributed by atoms with Crippen LogP contribution in [0.1, 0.15) is 12.5 Å². The van der Waals surface area contributed by atoms with Crippen molar-refractivity contribution in [2.75, 3.05) is 7.11 Å². The molecule has 84 valence electrons. The van der Waals surface area contributed by atoms with Gasteiger partial charge in [0, 0.05) is 7.11 Å².